The normalized spacial score (nSPS) is 10.1. The molecule has 2 aromatic carbocycles. The highest BCUT2D eigenvalue weighted by Gasteiger charge is 2.19. The average Bonchev–Trinajstić information content (AvgIpc) is 2.41. The van der Waals surface area contributed by atoms with E-state index in [1.165, 1.54) is 30.3 Å². The van der Waals surface area contributed by atoms with E-state index >= 15 is 0 Å². The monoisotopic (exact) mass is 294 g/mol. The Morgan fingerprint density at radius 2 is 1.95 bits per heavy atom. The van der Waals surface area contributed by atoms with Gasteiger partial charge in [0.15, 0.2) is 0 Å². The number of hydrogen-bond donors (Lipinski definition) is 1. The summed E-state index contributed by atoms with van der Waals surface area (Å²) in [5, 5.41) is 13.3. The number of rotatable bonds is 3. The number of benzene rings is 2. The van der Waals surface area contributed by atoms with E-state index < -0.39 is 16.6 Å². The van der Waals surface area contributed by atoms with Crippen LogP contribution in [0.4, 0.5) is 15.8 Å². The smallest absolute Gasteiger partial charge is 0.282 e. The maximum Gasteiger partial charge on any atom is 0.282 e. The molecular formula is C13H8ClFN2O3. The van der Waals surface area contributed by atoms with Gasteiger partial charge in [-0.25, -0.2) is 4.39 Å². The molecule has 0 saturated carbocycles. The second kappa shape index (κ2) is 5.66. The SMILES string of the molecule is O=C(Nc1ccc(F)cc1Cl)c1ccccc1[N+](=O)[O-]. The van der Waals surface area contributed by atoms with Crippen molar-refractivity contribution in [2.45, 2.75) is 0 Å². The fourth-order valence-corrected chi connectivity index (χ4v) is 1.82. The van der Waals surface area contributed by atoms with Crippen molar-refractivity contribution in [3.8, 4) is 0 Å². The second-order valence-corrected chi connectivity index (χ2v) is 4.26. The zero-order chi connectivity index (χ0) is 14.7. The van der Waals surface area contributed by atoms with Crippen LogP contribution in [0, 0.1) is 15.9 Å². The second-order valence-electron chi connectivity index (χ2n) is 3.85. The minimum Gasteiger partial charge on any atom is -0.320 e. The number of nitrogens with zero attached hydrogens (tertiary/aromatic N) is 1. The molecule has 0 spiro atoms. The molecule has 102 valence electrons. The lowest BCUT2D eigenvalue weighted by atomic mass is 10.1. The Kier molecular flexibility index (Phi) is 3.95. The van der Waals surface area contributed by atoms with Crippen LogP contribution in [0.5, 0.6) is 0 Å². The number of amides is 1. The van der Waals surface area contributed by atoms with E-state index in [-0.39, 0.29) is 22.0 Å². The highest BCUT2D eigenvalue weighted by Crippen LogP contribution is 2.24. The predicted molar refractivity (Wildman–Crippen MR) is 72.5 cm³/mol. The molecule has 0 saturated heterocycles. The highest BCUT2D eigenvalue weighted by atomic mass is 35.5. The van der Waals surface area contributed by atoms with Gasteiger partial charge in [0.25, 0.3) is 11.6 Å². The van der Waals surface area contributed by atoms with Crippen molar-refractivity contribution in [2.75, 3.05) is 5.32 Å². The van der Waals surface area contributed by atoms with Crippen molar-refractivity contribution in [2.24, 2.45) is 0 Å². The molecule has 0 aliphatic rings. The third-order valence-corrected chi connectivity index (χ3v) is 2.84. The third-order valence-electron chi connectivity index (χ3n) is 2.52. The molecule has 1 amide bonds. The minimum absolute atomic E-state index is 0.0111. The summed E-state index contributed by atoms with van der Waals surface area (Å²) < 4.78 is 12.9. The standard InChI is InChI=1S/C13H8ClFN2O3/c14-10-7-8(15)5-6-11(10)16-13(18)9-3-1-2-4-12(9)17(19)20/h1-7H,(H,16,18). The number of nitro benzene ring substituents is 1. The first-order valence-electron chi connectivity index (χ1n) is 5.49. The zero-order valence-electron chi connectivity index (χ0n) is 9.97. The maximum absolute atomic E-state index is 12.9. The van der Waals surface area contributed by atoms with Gasteiger partial charge in [-0.15, -0.1) is 0 Å². The molecule has 2 rings (SSSR count). The Balaban J connectivity index is 2.31. The van der Waals surface area contributed by atoms with Gasteiger partial charge in [-0.05, 0) is 24.3 Å². The lowest BCUT2D eigenvalue weighted by Crippen LogP contribution is -2.14. The van der Waals surface area contributed by atoms with Gasteiger partial charge in [0.2, 0.25) is 0 Å². The fraction of sp³-hybridized carbons (Fsp3) is 0. The van der Waals surface area contributed by atoms with Crippen LogP contribution in [0.2, 0.25) is 5.02 Å². The van der Waals surface area contributed by atoms with E-state index in [1.54, 1.807) is 0 Å². The van der Waals surface area contributed by atoms with Crippen molar-refractivity contribution in [1.29, 1.82) is 0 Å². The molecular weight excluding hydrogens is 287 g/mol. The Morgan fingerprint density at radius 1 is 1.25 bits per heavy atom. The summed E-state index contributed by atoms with van der Waals surface area (Å²) in [5.74, 6) is -1.23. The Labute approximate surface area is 118 Å². The van der Waals surface area contributed by atoms with Gasteiger partial charge in [0, 0.05) is 6.07 Å². The molecule has 1 N–H and O–H groups in total. The van der Waals surface area contributed by atoms with Gasteiger partial charge >= 0.3 is 0 Å². The summed E-state index contributed by atoms with van der Waals surface area (Å²) in [5.41, 5.74) is -0.239. The van der Waals surface area contributed by atoms with Gasteiger partial charge in [0.05, 0.1) is 15.6 Å². The van der Waals surface area contributed by atoms with E-state index in [0.717, 1.165) is 12.1 Å². The summed E-state index contributed by atoms with van der Waals surface area (Å²) in [6.45, 7) is 0. The van der Waals surface area contributed by atoms with E-state index in [2.05, 4.69) is 5.32 Å². The number of carbonyl (C=O) groups is 1. The van der Waals surface area contributed by atoms with Crippen molar-refractivity contribution >= 4 is 28.9 Å². The lowest BCUT2D eigenvalue weighted by Gasteiger charge is -2.07. The Morgan fingerprint density at radius 3 is 2.60 bits per heavy atom. The summed E-state index contributed by atoms with van der Waals surface area (Å²) in [6, 6.07) is 8.96. The van der Waals surface area contributed by atoms with Crippen LogP contribution in [0.3, 0.4) is 0 Å². The fourth-order valence-electron chi connectivity index (χ4n) is 1.61. The molecule has 20 heavy (non-hydrogen) atoms. The summed E-state index contributed by atoms with van der Waals surface area (Å²) in [4.78, 5) is 22.2. The summed E-state index contributed by atoms with van der Waals surface area (Å²) in [7, 11) is 0. The van der Waals surface area contributed by atoms with E-state index in [9.17, 15) is 19.3 Å². The lowest BCUT2D eigenvalue weighted by molar-refractivity contribution is -0.385. The molecule has 2 aromatic rings. The molecule has 0 aliphatic carbocycles. The highest BCUT2D eigenvalue weighted by molar-refractivity contribution is 6.34. The van der Waals surface area contributed by atoms with Crippen LogP contribution < -0.4 is 5.32 Å². The number of hydrogen-bond acceptors (Lipinski definition) is 3. The van der Waals surface area contributed by atoms with Gasteiger partial charge < -0.3 is 5.32 Å². The van der Waals surface area contributed by atoms with Crippen molar-refractivity contribution in [1.82, 2.24) is 0 Å². The predicted octanol–water partition coefficient (Wildman–Crippen LogP) is 3.64. The molecule has 0 fully saturated rings. The van der Waals surface area contributed by atoms with Crippen molar-refractivity contribution < 1.29 is 14.1 Å². The number of para-hydroxylation sites is 1. The number of nitro groups is 1. The van der Waals surface area contributed by atoms with Crippen LogP contribution in [-0.2, 0) is 0 Å². The zero-order valence-corrected chi connectivity index (χ0v) is 10.7. The maximum atomic E-state index is 12.9. The van der Waals surface area contributed by atoms with Crippen LogP contribution in [0.1, 0.15) is 10.4 Å². The minimum atomic E-state index is -0.689. The molecule has 0 aromatic heterocycles. The molecule has 0 radical (unpaired) electrons. The molecule has 5 nitrogen and oxygen atoms in total. The van der Waals surface area contributed by atoms with Gasteiger partial charge in [0.1, 0.15) is 11.4 Å². The largest absolute Gasteiger partial charge is 0.320 e. The molecule has 0 atom stereocenters. The van der Waals surface area contributed by atoms with Crippen LogP contribution >= 0.6 is 11.6 Å². The Hall–Kier alpha value is -2.47. The van der Waals surface area contributed by atoms with Crippen LogP contribution in [0.25, 0.3) is 0 Å². The molecule has 7 heteroatoms. The number of nitrogens with one attached hydrogen (secondary N) is 1. The first kappa shape index (κ1) is 14.0. The number of anilines is 1. The quantitative estimate of drug-likeness (QED) is 0.694. The van der Waals surface area contributed by atoms with Gasteiger partial charge in [-0.1, -0.05) is 23.7 Å². The van der Waals surface area contributed by atoms with E-state index in [1.807, 2.05) is 0 Å². The van der Waals surface area contributed by atoms with Gasteiger partial charge in [-0.3, -0.25) is 14.9 Å². The first-order valence-corrected chi connectivity index (χ1v) is 5.86. The molecule has 0 unspecified atom stereocenters. The first-order chi connectivity index (χ1) is 9.49. The Bertz CT molecular complexity index is 691. The summed E-state index contributed by atoms with van der Waals surface area (Å²) >= 11 is 5.77. The van der Waals surface area contributed by atoms with Crippen LogP contribution in [-0.4, -0.2) is 10.8 Å². The van der Waals surface area contributed by atoms with Crippen molar-refractivity contribution in [3.63, 3.8) is 0 Å². The molecule has 0 bridgehead atoms. The van der Waals surface area contributed by atoms with Gasteiger partial charge in [-0.2, -0.15) is 0 Å². The number of halogens is 2. The topological polar surface area (TPSA) is 72.2 Å². The summed E-state index contributed by atoms with van der Waals surface area (Å²) in [6.07, 6.45) is 0. The van der Waals surface area contributed by atoms with E-state index in [4.69, 9.17) is 11.6 Å². The van der Waals surface area contributed by atoms with Crippen molar-refractivity contribution in [3.05, 3.63) is 69.0 Å². The van der Waals surface area contributed by atoms with Crippen LogP contribution in [0.15, 0.2) is 42.5 Å². The average molecular weight is 295 g/mol. The van der Waals surface area contributed by atoms with E-state index in [0.29, 0.717) is 0 Å². The number of carbonyl (C=O) groups excluding carboxylic acids is 1. The molecule has 0 aliphatic heterocycles. The third kappa shape index (κ3) is 2.92. The molecule has 0 heterocycles.